The fourth-order valence-corrected chi connectivity index (χ4v) is 4.04. The topological polar surface area (TPSA) is 107 Å². The van der Waals surface area contributed by atoms with Crippen LogP contribution in [0, 0.1) is 10.1 Å². The summed E-state index contributed by atoms with van der Waals surface area (Å²) in [4.78, 5) is 10.1. The Kier molecular flexibility index (Phi) is 4.60. The molecule has 0 aromatic heterocycles. The summed E-state index contributed by atoms with van der Waals surface area (Å²) in [6.45, 7) is 0. The molecule has 1 aromatic rings. The van der Waals surface area contributed by atoms with Crippen molar-refractivity contribution >= 4 is 15.7 Å². The Morgan fingerprint density at radius 3 is 2.48 bits per heavy atom. The predicted octanol–water partition coefficient (Wildman–Crippen LogP) is 1.49. The summed E-state index contributed by atoms with van der Waals surface area (Å²) in [5.41, 5.74) is 5.60. The average Bonchev–Trinajstić information content (AvgIpc) is 2.47. The third kappa shape index (κ3) is 3.39. The number of nitrogens with two attached hydrogens (primary N) is 1. The van der Waals surface area contributed by atoms with Crippen LogP contribution in [-0.2, 0) is 10.0 Å². The second-order valence-electron chi connectivity index (χ2n) is 5.34. The van der Waals surface area contributed by atoms with Crippen molar-refractivity contribution in [3.05, 3.63) is 34.4 Å². The summed E-state index contributed by atoms with van der Waals surface area (Å²) < 4.78 is 26.4. The molecule has 0 heterocycles. The molecule has 1 fully saturated rings. The number of hydrogen-bond acceptors (Lipinski definition) is 5. The van der Waals surface area contributed by atoms with Crippen LogP contribution < -0.4 is 5.73 Å². The van der Waals surface area contributed by atoms with E-state index in [1.54, 1.807) is 0 Å². The number of nitrogens with zero attached hydrogens (tertiary/aromatic N) is 2. The molecule has 0 atom stereocenters. The SMILES string of the molecule is CN(C1CCC(N)CC1)S(=O)(=O)c1cccc([N+](=O)[O-])c1. The zero-order chi connectivity index (χ0) is 15.6. The van der Waals surface area contributed by atoms with Crippen molar-refractivity contribution in [1.29, 1.82) is 0 Å². The van der Waals surface area contributed by atoms with E-state index in [4.69, 9.17) is 5.73 Å². The molecule has 0 unspecified atom stereocenters. The number of benzene rings is 1. The van der Waals surface area contributed by atoms with Crippen molar-refractivity contribution in [2.45, 2.75) is 42.7 Å². The maximum absolute atomic E-state index is 12.6. The van der Waals surface area contributed by atoms with E-state index in [0.29, 0.717) is 12.8 Å². The largest absolute Gasteiger partial charge is 0.328 e. The molecule has 7 nitrogen and oxygen atoms in total. The number of non-ortho nitro benzene ring substituents is 1. The minimum absolute atomic E-state index is 0.0472. The standard InChI is InChI=1S/C13H19N3O4S/c1-15(11-7-5-10(14)6-8-11)21(19,20)13-4-2-3-12(9-13)16(17)18/h2-4,9-11H,5-8,14H2,1H3. The zero-order valence-electron chi connectivity index (χ0n) is 11.8. The predicted molar refractivity (Wildman–Crippen MR) is 78.3 cm³/mol. The van der Waals surface area contributed by atoms with Gasteiger partial charge in [-0.05, 0) is 31.7 Å². The molecule has 2 N–H and O–H groups in total. The molecule has 21 heavy (non-hydrogen) atoms. The lowest BCUT2D eigenvalue weighted by atomic mass is 9.92. The Bertz CT molecular complexity index is 624. The fourth-order valence-electron chi connectivity index (χ4n) is 2.59. The summed E-state index contributed by atoms with van der Waals surface area (Å²) >= 11 is 0. The zero-order valence-corrected chi connectivity index (χ0v) is 12.6. The number of hydrogen-bond donors (Lipinski definition) is 1. The molecule has 1 aromatic carbocycles. The molecule has 0 radical (unpaired) electrons. The van der Waals surface area contributed by atoms with E-state index < -0.39 is 14.9 Å². The van der Waals surface area contributed by atoms with Gasteiger partial charge in [-0.3, -0.25) is 10.1 Å². The van der Waals surface area contributed by atoms with Crippen molar-refractivity contribution in [2.75, 3.05) is 7.05 Å². The Morgan fingerprint density at radius 1 is 1.29 bits per heavy atom. The van der Waals surface area contributed by atoms with Gasteiger partial charge in [0.2, 0.25) is 10.0 Å². The van der Waals surface area contributed by atoms with E-state index in [2.05, 4.69) is 0 Å². The van der Waals surface area contributed by atoms with Gasteiger partial charge in [0.25, 0.3) is 5.69 Å². The molecule has 0 amide bonds. The molecule has 1 aliphatic carbocycles. The molecule has 8 heteroatoms. The Labute approximate surface area is 123 Å². The van der Waals surface area contributed by atoms with E-state index in [-0.39, 0.29) is 22.7 Å². The van der Waals surface area contributed by atoms with Crippen molar-refractivity contribution in [2.24, 2.45) is 5.73 Å². The van der Waals surface area contributed by atoms with Gasteiger partial charge >= 0.3 is 0 Å². The lowest BCUT2D eigenvalue weighted by molar-refractivity contribution is -0.385. The van der Waals surface area contributed by atoms with E-state index >= 15 is 0 Å². The molecular weight excluding hydrogens is 294 g/mol. The molecule has 1 saturated carbocycles. The quantitative estimate of drug-likeness (QED) is 0.669. The first-order chi connectivity index (χ1) is 9.82. The third-order valence-electron chi connectivity index (χ3n) is 3.96. The van der Waals surface area contributed by atoms with Crippen molar-refractivity contribution in [3.63, 3.8) is 0 Å². The van der Waals surface area contributed by atoms with Gasteiger partial charge < -0.3 is 5.73 Å². The number of rotatable bonds is 4. The van der Waals surface area contributed by atoms with Gasteiger partial charge in [-0.25, -0.2) is 8.42 Å². The molecule has 0 spiro atoms. The minimum Gasteiger partial charge on any atom is -0.328 e. The molecule has 0 saturated heterocycles. The summed E-state index contributed by atoms with van der Waals surface area (Å²) in [5.74, 6) is 0. The molecule has 116 valence electrons. The van der Waals surface area contributed by atoms with Crippen LogP contribution in [0.5, 0.6) is 0 Å². The van der Waals surface area contributed by atoms with Crippen LogP contribution >= 0.6 is 0 Å². The van der Waals surface area contributed by atoms with Crippen LogP contribution in [0.2, 0.25) is 0 Å². The average molecular weight is 313 g/mol. The summed E-state index contributed by atoms with van der Waals surface area (Å²) in [6, 6.07) is 5.17. The number of sulfonamides is 1. The Morgan fingerprint density at radius 2 is 1.90 bits per heavy atom. The molecular formula is C13H19N3O4S. The Hall–Kier alpha value is -1.51. The van der Waals surface area contributed by atoms with Crippen LogP contribution in [0.4, 0.5) is 5.69 Å². The van der Waals surface area contributed by atoms with Crippen LogP contribution in [0.3, 0.4) is 0 Å². The van der Waals surface area contributed by atoms with Crippen molar-refractivity contribution in [3.8, 4) is 0 Å². The monoisotopic (exact) mass is 313 g/mol. The smallest absolute Gasteiger partial charge is 0.270 e. The third-order valence-corrected chi connectivity index (χ3v) is 5.87. The molecule has 0 aliphatic heterocycles. The molecule has 0 bridgehead atoms. The van der Waals surface area contributed by atoms with Crippen LogP contribution in [-0.4, -0.2) is 36.8 Å². The first-order valence-electron chi connectivity index (χ1n) is 6.80. The van der Waals surface area contributed by atoms with Crippen LogP contribution in [0.1, 0.15) is 25.7 Å². The van der Waals surface area contributed by atoms with E-state index in [0.717, 1.165) is 18.9 Å². The second kappa shape index (κ2) is 6.08. The molecule has 1 aliphatic rings. The van der Waals surface area contributed by atoms with Gasteiger partial charge in [0, 0.05) is 31.3 Å². The number of nitro benzene ring substituents is 1. The Balaban J connectivity index is 2.25. The summed E-state index contributed by atoms with van der Waals surface area (Å²) in [5, 5.41) is 10.8. The summed E-state index contributed by atoms with van der Waals surface area (Å²) in [6.07, 6.45) is 3.01. The lowest BCUT2D eigenvalue weighted by Crippen LogP contribution is -2.41. The van der Waals surface area contributed by atoms with Crippen LogP contribution in [0.25, 0.3) is 0 Å². The normalized spacial score (nSPS) is 23.2. The lowest BCUT2D eigenvalue weighted by Gasteiger charge is -2.32. The first-order valence-corrected chi connectivity index (χ1v) is 8.24. The highest BCUT2D eigenvalue weighted by Crippen LogP contribution is 2.27. The van der Waals surface area contributed by atoms with Crippen LogP contribution in [0.15, 0.2) is 29.2 Å². The van der Waals surface area contributed by atoms with Crippen molar-refractivity contribution in [1.82, 2.24) is 4.31 Å². The van der Waals surface area contributed by atoms with Gasteiger partial charge in [-0.2, -0.15) is 4.31 Å². The minimum atomic E-state index is -3.72. The highest BCUT2D eigenvalue weighted by molar-refractivity contribution is 7.89. The first kappa shape index (κ1) is 15.9. The van der Waals surface area contributed by atoms with Gasteiger partial charge in [-0.1, -0.05) is 6.07 Å². The summed E-state index contributed by atoms with van der Waals surface area (Å²) in [7, 11) is -2.20. The van der Waals surface area contributed by atoms with Gasteiger partial charge in [0.1, 0.15) is 0 Å². The maximum Gasteiger partial charge on any atom is 0.270 e. The van der Waals surface area contributed by atoms with Gasteiger partial charge in [0.05, 0.1) is 9.82 Å². The van der Waals surface area contributed by atoms with Gasteiger partial charge in [0.15, 0.2) is 0 Å². The maximum atomic E-state index is 12.6. The van der Waals surface area contributed by atoms with E-state index in [1.165, 1.54) is 29.6 Å². The van der Waals surface area contributed by atoms with Crippen molar-refractivity contribution < 1.29 is 13.3 Å². The van der Waals surface area contributed by atoms with Gasteiger partial charge in [-0.15, -0.1) is 0 Å². The second-order valence-corrected chi connectivity index (χ2v) is 7.34. The fraction of sp³-hybridized carbons (Fsp3) is 0.538. The highest BCUT2D eigenvalue weighted by Gasteiger charge is 2.31. The number of nitro groups is 1. The van der Waals surface area contributed by atoms with E-state index in [9.17, 15) is 18.5 Å². The highest BCUT2D eigenvalue weighted by atomic mass is 32.2. The molecule has 2 rings (SSSR count). The van der Waals surface area contributed by atoms with E-state index in [1.807, 2.05) is 0 Å².